The summed E-state index contributed by atoms with van der Waals surface area (Å²) in [4.78, 5) is 2.40. The Morgan fingerprint density at radius 2 is 2.33 bits per heavy atom. The van der Waals surface area contributed by atoms with Crippen LogP contribution in [0, 0.1) is 0 Å². The maximum atomic E-state index is 6.07. The van der Waals surface area contributed by atoms with E-state index in [1.165, 1.54) is 12.0 Å². The van der Waals surface area contributed by atoms with Crippen LogP contribution in [0.1, 0.15) is 31.4 Å². The van der Waals surface area contributed by atoms with Gasteiger partial charge in [0.05, 0.1) is 13.2 Å². The van der Waals surface area contributed by atoms with Crippen molar-refractivity contribution in [1.29, 1.82) is 0 Å². The van der Waals surface area contributed by atoms with E-state index in [4.69, 9.17) is 15.2 Å². The zero-order valence-corrected chi connectivity index (χ0v) is 14.4. The SMILES string of the molecule is CCN(CC1CCCO1)C(CN)c1cc(OC)ccc1Br. The molecule has 1 fully saturated rings. The normalized spacial score (nSPS) is 20.0. The van der Waals surface area contributed by atoms with Crippen LogP contribution in [0.15, 0.2) is 22.7 Å². The van der Waals surface area contributed by atoms with Crippen LogP contribution >= 0.6 is 15.9 Å². The van der Waals surface area contributed by atoms with Crippen LogP contribution in [0.3, 0.4) is 0 Å². The second kappa shape index (κ2) is 8.13. The standard InChI is InChI=1S/C16H25BrN2O2/c1-3-19(11-13-5-4-8-21-13)16(10-18)14-9-12(20-2)6-7-15(14)17/h6-7,9,13,16H,3-5,8,10-11,18H2,1-2H3. The van der Waals surface area contributed by atoms with E-state index in [0.29, 0.717) is 12.6 Å². The highest BCUT2D eigenvalue weighted by molar-refractivity contribution is 9.10. The first-order chi connectivity index (χ1) is 10.2. The zero-order valence-electron chi connectivity index (χ0n) is 12.8. The lowest BCUT2D eigenvalue weighted by Gasteiger charge is -2.32. The van der Waals surface area contributed by atoms with Crippen molar-refractivity contribution >= 4 is 15.9 Å². The van der Waals surface area contributed by atoms with Gasteiger partial charge in [0, 0.05) is 30.2 Å². The fourth-order valence-electron chi connectivity index (χ4n) is 2.90. The smallest absolute Gasteiger partial charge is 0.119 e. The zero-order chi connectivity index (χ0) is 15.2. The monoisotopic (exact) mass is 356 g/mol. The molecule has 2 unspecified atom stereocenters. The number of likely N-dealkylation sites (N-methyl/N-ethyl adjacent to an activating group) is 1. The van der Waals surface area contributed by atoms with Gasteiger partial charge in [0.2, 0.25) is 0 Å². The Hall–Kier alpha value is -0.620. The molecule has 21 heavy (non-hydrogen) atoms. The first-order valence-electron chi connectivity index (χ1n) is 7.58. The van der Waals surface area contributed by atoms with Gasteiger partial charge in [0.1, 0.15) is 5.75 Å². The number of rotatable bonds is 7. The number of methoxy groups -OCH3 is 1. The molecule has 5 heteroatoms. The van der Waals surface area contributed by atoms with Crippen LogP contribution in [0.25, 0.3) is 0 Å². The van der Waals surface area contributed by atoms with Crippen LogP contribution in [0.4, 0.5) is 0 Å². The van der Waals surface area contributed by atoms with Gasteiger partial charge in [0.25, 0.3) is 0 Å². The Morgan fingerprint density at radius 1 is 1.52 bits per heavy atom. The van der Waals surface area contributed by atoms with E-state index in [2.05, 4.69) is 33.8 Å². The molecule has 2 rings (SSSR count). The van der Waals surface area contributed by atoms with Gasteiger partial charge in [-0.1, -0.05) is 22.9 Å². The summed E-state index contributed by atoms with van der Waals surface area (Å²) in [6.07, 6.45) is 2.65. The first kappa shape index (κ1) is 16.7. The molecule has 0 spiro atoms. The van der Waals surface area contributed by atoms with Crippen LogP contribution in [-0.4, -0.2) is 44.4 Å². The minimum Gasteiger partial charge on any atom is -0.497 e. The Kier molecular flexibility index (Phi) is 6.48. The molecule has 0 radical (unpaired) electrons. The number of hydrogen-bond acceptors (Lipinski definition) is 4. The van der Waals surface area contributed by atoms with Gasteiger partial charge in [-0.25, -0.2) is 0 Å². The Labute approximate surface area is 135 Å². The predicted octanol–water partition coefficient (Wildman–Crippen LogP) is 2.96. The topological polar surface area (TPSA) is 47.7 Å². The van der Waals surface area contributed by atoms with Crippen molar-refractivity contribution < 1.29 is 9.47 Å². The molecule has 2 N–H and O–H groups in total. The Balaban J connectivity index is 2.19. The van der Waals surface area contributed by atoms with Crippen molar-refractivity contribution in [3.8, 4) is 5.75 Å². The summed E-state index contributed by atoms with van der Waals surface area (Å²) < 4.78 is 12.2. The highest BCUT2D eigenvalue weighted by Crippen LogP contribution is 2.31. The summed E-state index contributed by atoms with van der Waals surface area (Å²) in [5.74, 6) is 0.861. The predicted molar refractivity (Wildman–Crippen MR) is 88.7 cm³/mol. The third-order valence-electron chi connectivity index (χ3n) is 4.09. The maximum absolute atomic E-state index is 6.07. The summed E-state index contributed by atoms with van der Waals surface area (Å²) in [6, 6.07) is 6.22. The number of ether oxygens (including phenoxy) is 2. The van der Waals surface area contributed by atoms with Gasteiger partial charge in [-0.05, 0) is 43.1 Å². The van der Waals surface area contributed by atoms with Crippen molar-refractivity contribution in [1.82, 2.24) is 4.90 Å². The van der Waals surface area contributed by atoms with Gasteiger partial charge in [-0.3, -0.25) is 4.90 Å². The molecule has 0 amide bonds. The minimum absolute atomic E-state index is 0.170. The van der Waals surface area contributed by atoms with Crippen molar-refractivity contribution in [2.24, 2.45) is 5.73 Å². The highest BCUT2D eigenvalue weighted by Gasteiger charge is 2.25. The van der Waals surface area contributed by atoms with E-state index in [9.17, 15) is 0 Å². The van der Waals surface area contributed by atoms with Crippen molar-refractivity contribution in [3.63, 3.8) is 0 Å². The van der Waals surface area contributed by atoms with Crippen LogP contribution in [-0.2, 0) is 4.74 Å². The quantitative estimate of drug-likeness (QED) is 0.815. The number of hydrogen-bond donors (Lipinski definition) is 1. The molecule has 1 aromatic rings. The highest BCUT2D eigenvalue weighted by atomic mass is 79.9. The van der Waals surface area contributed by atoms with Gasteiger partial charge in [-0.15, -0.1) is 0 Å². The van der Waals surface area contributed by atoms with E-state index >= 15 is 0 Å². The lowest BCUT2D eigenvalue weighted by atomic mass is 10.0. The number of benzene rings is 1. The molecule has 1 heterocycles. The van der Waals surface area contributed by atoms with Crippen molar-refractivity contribution in [2.45, 2.75) is 31.9 Å². The minimum atomic E-state index is 0.170. The van der Waals surface area contributed by atoms with E-state index in [-0.39, 0.29) is 6.04 Å². The largest absolute Gasteiger partial charge is 0.497 e. The molecule has 0 aliphatic carbocycles. The summed E-state index contributed by atoms with van der Waals surface area (Å²) in [5.41, 5.74) is 7.25. The van der Waals surface area contributed by atoms with E-state index < -0.39 is 0 Å². The van der Waals surface area contributed by atoms with Gasteiger partial charge < -0.3 is 15.2 Å². The summed E-state index contributed by atoms with van der Waals surface area (Å²) in [5, 5.41) is 0. The molecule has 0 aromatic heterocycles. The molecule has 118 valence electrons. The van der Waals surface area contributed by atoms with E-state index in [0.717, 1.165) is 36.3 Å². The average molecular weight is 357 g/mol. The molecule has 0 bridgehead atoms. The lowest BCUT2D eigenvalue weighted by molar-refractivity contribution is 0.0600. The van der Waals surface area contributed by atoms with Gasteiger partial charge >= 0.3 is 0 Å². The molecule has 4 nitrogen and oxygen atoms in total. The fourth-order valence-corrected chi connectivity index (χ4v) is 3.41. The molecule has 1 saturated heterocycles. The Morgan fingerprint density at radius 3 is 2.90 bits per heavy atom. The van der Waals surface area contributed by atoms with E-state index in [1.807, 2.05) is 12.1 Å². The molecule has 1 aliphatic heterocycles. The van der Waals surface area contributed by atoms with Crippen molar-refractivity contribution in [2.75, 3.05) is 33.4 Å². The second-order valence-corrected chi connectivity index (χ2v) is 6.22. The fraction of sp³-hybridized carbons (Fsp3) is 0.625. The summed E-state index contributed by atoms with van der Waals surface area (Å²) in [6.45, 7) is 5.52. The lowest BCUT2D eigenvalue weighted by Crippen LogP contribution is -2.39. The van der Waals surface area contributed by atoms with Gasteiger partial charge in [0.15, 0.2) is 0 Å². The summed E-state index contributed by atoms with van der Waals surface area (Å²) >= 11 is 3.64. The summed E-state index contributed by atoms with van der Waals surface area (Å²) in [7, 11) is 1.69. The molecule has 2 atom stereocenters. The number of nitrogens with two attached hydrogens (primary N) is 1. The Bertz CT molecular complexity index is 450. The molecular weight excluding hydrogens is 332 g/mol. The third kappa shape index (κ3) is 4.19. The molecule has 1 aliphatic rings. The van der Waals surface area contributed by atoms with Crippen LogP contribution in [0.5, 0.6) is 5.75 Å². The number of halogens is 1. The van der Waals surface area contributed by atoms with Crippen LogP contribution in [0.2, 0.25) is 0 Å². The van der Waals surface area contributed by atoms with Crippen LogP contribution < -0.4 is 10.5 Å². The van der Waals surface area contributed by atoms with Crippen molar-refractivity contribution in [3.05, 3.63) is 28.2 Å². The second-order valence-electron chi connectivity index (χ2n) is 5.36. The first-order valence-corrected chi connectivity index (χ1v) is 8.38. The van der Waals surface area contributed by atoms with E-state index in [1.54, 1.807) is 7.11 Å². The molecule has 0 saturated carbocycles. The third-order valence-corrected chi connectivity index (χ3v) is 4.82. The number of nitrogens with zero attached hydrogens (tertiary/aromatic N) is 1. The molecular formula is C16H25BrN2O2. The average Bonchev–Trinajstić information content (AvgIpc) is 3.01. The molecule has 1 aromatic carbocycles. The van der Waals surface area contributed by atoms with Gasteiger partial charge in [-0.2, -0.15) is 0 Å². The maximum Gasteiger partial charge on any atom is 0.119 e.